The second kappa shape index (κ2) is 11.1. The minimum absolute atomic E-state index is 0.219. The number of nitrogens with zero attached hydrogens (tertiary/aromatic N) is 4. The second-order valence-corrected chi connectivity index (χ2v) is 7.87. The molecule has 2 aliphatic rings. The average molecular weight is 418 g/mol. The number of hydrogen-bond donors (Lipinski definition) is 2. The van der Waals surface area contributed by atoms with Gasteiger partial charge in [-0.25, -0.2) is 4.99 Å². The zero-order chi connectivity index (χ0) is 21.3. The summed E-state index contributed by atoms with van der Waals surface area (Å²) in [5, 5.41) is 13.5. The van der Waals surface area contributed by atoms with Gasteiger partial charge in [-0.2, -0.15) is 0 Å². The molecule has 1 aromatic carbocycles. The molecule has 2 N–H and O–H groups in total. The minimum atomic E-state index is 0.219. The van der Waals surface area contributed by atoms with Gasteiger partial charge in [-0.15, -0.1) is 0 Å². The van der Waals surface area contributed by atoms with Crippen LogP contribution in [0.3, 0.4) is 0 Å². The molecule has 30 heavy (non-hydrogen) atoms. The van der Waals surface area contributed by atoms with Crippen LogP contribution in [0, 0.1) is 0 Å². The highest BCUT2D eigenvalue weighted by atomic mass is 16.5. The van der Waals surface area contributed by atoms with Gasteiger partial charge in [-0.1, -0.05) is 0 Å². The van der Waals surface area contributed by atoms with Crippen LogP contribution in [0.2, 0.25) is 0 Å². The first kappa shape index (κ1) is 22.2. The van der Waals surface area contributed by atoms with Gasteiger partial charge in [0.05, 0.1) is 20.2 Å². The first-order valence-corrected chi connectivity index (χ1v) is 11.0. The third kappa shape index (κ3) is 6.01. The van der Waals surface area contributed by atoms with E-state index in [1.165, 1.54) is 6.42 Å². The fraction of sp³-hybridized carbons (Fsp3) is 0.636. The van der Waals surface area contributed by atoms with Crippen LogP contribution in [0.1, 0.15) is 31.7 Å². The summed E-state index contributed by atoms with van der Waals surface area (Å²) in [6, 6.07) is 5.18. The predicted molar refractivity (Wildman–Crippen MR) is 118 cm³/mol. The van der Waals surface area contributed by atoms with Crippen LogP contribution >= 0.6 is 0 Å². The van der Waals surface area contributed by atoms with Gasteiger partial charge in [0.1, 0.15) is 11.5 Å². The van der Waals surface area contributed by atoms with Gasteiger partial charge < -0.3 is 25.0 Å². The fourth-order valence-electron chi connectivity index (χ4n) is 3.95. The molecule has 0 saturated carbocycles. The SMILES string of the molecule is CCNC(=NCc1cc(OC)ccc1O)N1CCN(CC(=O)N2CCCCC2)CC1. The van der Waals surface area contributed by atoms with Crippen LogP contribution in [-0.4, -0.2) is 91.1 Å². The van der Waals surface area contributed by atoms with Crippen LogP contribution in [0.25, 0.3) is 0 Å². The Morgan fingerprint density at radius 2 is 1.83 bits per heavy atom. The van der Waals surface area contributed by atoms with Crippen LogP contribution in [0.5, 0.6) is 11.5 Å². The summed E-state index contributed by atoms with van der Waals surface area (Å²) in [4.78, 5) is 23.7. The number of aliphatic imine (C=N–C) groups is 1. The third-order valence-electron chi connectivity index (χ3n) is 5.76. The first-order chi connectivity index (χ1) is 14.6. The number of piperidine rings is 1. The van der Waals surface area contributed by atoms with E-state index in [1.807, 2.05) is 17.9 Å². The molecule has 3 rings (SSSR count). The van der Waals surface area contributed by atoms with Crippen molar-refractivity contribution in [3.63, 3.8) is 0 Å². The number of hydrogen-bond acceptors (Lipinski definition) is 5. The quantitative estimate of drug-likeness (QED) is 0.539. The molecule has 2 fully saturated rings. The Morgan fingerprint density at radius 3 is 2.50 bits per heavy atom. The molecule has 8 heteroatoms. The minimum Gasteiger partial charge on any atom is -0.508 e. The van der Waals surface area contributed by atoms with E-state index in [9.17, 15) is 9.90 Å². The molecule has 0 spiro atoms. The summed E-state index contributed by atoms with van der Waals surface area (Å²) >= 11 is 0. The number of phenols is 1. The third-order valence-corrected chi connectivity index (χ3v) is 5.76. The van der Waals surface area contributed by atoms with Gasteiger partial charge in [0.25, 0.3) is 0 Å². The van der Waals surface area contributed by atoms with Crippen molar-refractivity contribution < 1.29 is 14.6 Å². The van der Waals surface area contributed by atoms with Gasteiger partial charge >= 0.3 is 0 Å². The topological polar surface area (TPSA) is 80.6 Å². The highest BCUT2D eigenvalue weighted by molar-refractivity contribution is 5.80. The Labute approximate surface area is 179 Å². The van der Waals surface area contributed by atoms with Crippen molar-refractivity contribution in [2.75, 3.05) is 59.5 Å². The zero-order valence-electron chi connectivity index (χ0n) is 18.3. The van der Waals surface area contributed by atoms with Gasteiger partial charge in [-0.05, 0) is 44.4 Å². The number of carbonyl (C=O) groups excluding carboxylic acids is 1. The van der Waals surface area contributed by atoms with E-state index in [2.05, 4.69) is 15.1 Å². The lowest BCUT2D eigenvalue weighted by atomic mass is 10.1. The van der Waals surface area contributed by atoms with Gasteiger partial charge in [0, 0.05) is 51.4 Å². The summed E-state index contributed by atoms with van der Waals surface area (Å²) < 4.78 is 5.25. The maximum atomic E-state index is 12.5. The van der Waals surface area contributed by atoms with Crippen molar-refractivity contribution in [3.8, 4) is 11.5 Å². The molecule has 0 aromatic heterocycles. The van der Waals surface area contributed by atoms with Gasteiger partial charge in [0.15, 0.2) is 5.96 Å². The van der Waals surface area contributed by atoms with E-state index in [-0.39, 0.29) is 11.7 Å². The Balaban J connectivity index is 1.54. The van der Waals surface area contributed by atoms with Gasteiger partial charge in [0.2, 0.25) is 5.91 Å². The lowest BCUT2D eigenvalue weighted by Crippen LogP contribution is -2.54. The fourth-order valence-corrected chi connectivity index (χ4v) is 3.95. The van der Waals surface area contributed by atoms with E-state index in [0.717, 1.165) is 70.2 Å². The number of methoxy groups -OCH3 is 1. The van der Waals surface area contributed by atoms with E-state index in [0.29, 0.717) is 18.8 Å². The molecule has 0 aliphatic carbocycles. The van der Waals surface area contributed by atoms with Crippen molar-refractivity contribution in [1.29, 1.82) is 0 Å². The number of aromatic hydroxyl groups is 1. The Kier molecular flexibility index (Phi) is 8.19. The molecule has 2 heterocycles. The molecule has 0 unspecified atom stereocenters. The number of phenolic OH excluding ortho intramolecular Hbond substituents is 1. The lowest BCUT2D eigenvalue weighted by Gasteiger charge is -2.37. The molecule has 2 saturated heterocycles. The standard InChI is InChI=1S/C22H35N5O3/c1-3-23-22(24-16-18-15-19(30-2)7-8-20(18)28)27-13-11-25(12-14-27)17-21(29)26-9-5-4-6-10-26/h7-8,15,28H,3-6,9-14,16-17H2,1-2H3,(H,23,24). The highest BCUT2D eigenvalue weighted by Gasteiger charge is 2.24. The number of rotatable bonds is 6. The van der Waals surface area contributed by atoms with Crippen molar-refractivity contribution in [2.24, 2.45) is 4.99 Å². The highest BCUT2D eigenvalue weighted by Crippen LogP contribution is 2.23. The molecule has 8 nitrogen and oxygen atoms in total. The molecule has 0 radical (unpaired) electrons. The predicted octanol–water partition coefficient (Wildman–Crippen LogP) is 1.50. The molecule has 2 aliphatic heterocycles. The van der Waals surface area contributed by atoms with Crippen molar-refractivity contribution in [1.82, 2.24) is 20.0 Å². The van der Waals surface area contributed by atoms with Crippen LogP contribution in [0.15, 0.2) is 23.2 Å². The molecule has 0 bridgehead atoms. The van der Waals surface area contributed by atoms with Crippen molar-refractivity contribution >= 4 is 11.9 Å². The number of ether oxygens (including phenoxy) is 1. The van der Waals surface area contributed by atoms with E-state index < -0.39 is 0 Å². The normalized spacial score (nSPS) is 18.4. The molecule has 0 atom stereocenters. The summed E-state index contributed by atoms with van der Waals surface area (Å²) in [6.45, 7) is 8.86. The number of nitrogens with one attached hydrogen (secondary N) is 1. The Bertz CT molecular complexity index is 725. The average Bonchev–Trinajstić information content (AvgIpc) is 2.79. The molecule has 166 valence electrons. The summed E-state index contributed by atoms with van der Waals surface area (Å²) in [6.07, 6.45) is 3.50. The number of likely N-dealkylation sites (tertiary alicyclic amines) is 1. The van der Waals surface area contributed by atoms with E-state index in [4.69, 9.17) is 9.73 Å². The first-order valence-electron chi connectivity index (χ1n) is 11.0. The molecular weight excluding hydrogens is 382 g/mol. The number of benzene rings is 1. The van der Waals surface area contributed by atoms with E-state index in [1.54, 1.807) is 19.2 Å². The van der Waals surface area contributed by atoms with Crippen LogP contribution in [0.4, 0.5) is 0 Å². The smallest absolute Gasteiger partial charge is 0.236 e. The number of amides is 1. The van der Waals surface area contributed by atoms with Gasteiger partial charge in [-0.3, -0.25) is 9.69 Å². The second-order valence-electron chi connectivity index (χ2n) is 7.87. The Morgan fingerprint density at radius 1 is 1.10 bits per heavy atom. The molecule has 1 amide bonds. The number of piperazine rings is 1. The van der Waals surface area contributed by atoms with E-state index >= 15 is 0 Å². The largest absolute Gasteiger partial charge is 0.508 e. The number of guanidine groups is 1. The summed E-state index contributed by atoms with van der Waals surface area (Å²) in [5.41, 5.74) is 0.732. The van der Waals surface area contributed by atoms with Crippen molar-refractivity contribution in [2.45, 2.75) is 32.7 Å². The molecule has 1 aromatic rings. The van der Waals surface area contributed by atoms with Crippen LogP contribution in [-0.2, 0) is 11.3 Å². The summed E-state index contributed by atoms with van der Waals surface area (Å²) in [5.74, 6) is 2.02. The molecular formula is C22H35N5O3. The summed E-state index contributed by atoms with van der Waals surface area (Å²) in [7, 11) is 1.61. The zero-order valence-corrected chi connectivity index (χ0v) is 18.3. The lowest BCUT2D eigenvalue weighted by molar-refractivity contribution is -0.133. The Hall–Kier alpha value is -2.48. The number of carbonyl (C=O) groups is 1. The maximum absolute atomic E-state index is 12.5. The maximum Gasteiger partial charge on any atom is 0.236 e. The van der Waals surface area contributed by atoms with Crippen molar-refractivity contribution in [3.05, 3.63) is 23.8 Å². The van der Waals surface area contributed by atoms with Crippen LogP contribution < -0.4 is 10.1 Å². The monoisotopic (exact) mass is 417 g/mol.